The van der Waals surface area contributed by atoms with Crippen LogP contribution in [0.2, 0.25) is 0 Å². The van der Waals surface area contributed by atoms with Crippen LogP contribution in [0.5, 0.6) is 0 Å². The summed E-state index contributed by atoms with van der Waals surface area (Å²) in [6.45, 7) is 16.9. The van der Waals surface area contributed by atoms with E-state index in [0.717, 1.165) is 56.7 Å². The van der Waals surface area contributed by atoms with Gasteiger partial charge >= 0.3 is 0 Å². The SMILES string of the molecule is CCNC(=NCC(OC)C(C)(C)C)N1CCN(Cc2cc(C)on2)CC1. The summed E-state index contributed by atoms with van der Waals surface area (Å²) in [5.41, 5.74) is 1.08. The molecule has 0 saturated carbocycles. The third-order valence-corrected chi connectivity index (χ3v) is 4.73. The van der Waals surface area contributed by atoms with Crippen LogP contribution in [0.3, 0.4) is 0 Å². The maximum absolute atomic E-state index is 5.64. The zero-order valence-corrected chi connectivity index (χ0v) is 17.2. The number of piperazine rings is 1. The van der Waals surface area contributed by atoms with Crippen LogP contribution < -0.4 is 5.32 Å². The van der Waals surface area contributed by atoms with Crippen LogP contribution in [0.15, 0.2) is 15.6 Å². The van der Waals surface area contributed by atoms with Gasteiger partial charge in [-0.1, -0.05) is 25.9 Å². The van der Waals surface area contributed by atoms with Gasteiger partial charge in [0.15, 0.2) is 5.96 Å². The van der Waals surface area contributed by atoms with Gasteiger partial charge in [0.2, 0.25) is 0 Å². The van der Waals surface area contributed by atoms with E-state index < -0.39 is 0 Å². The van der Waals surface area contributed by atoms with Crippen LogP contribution in [0.1, 0.15) is 39.1 Å². The van der Waals surface area contributed by atoms with Crippen molar-refractivity contribution in [3.05, 3.63) is 17.5 Å². The predicted molar refractivity (Wildman–Crippen MR) is 104 cm³/mol. The summed E-state index contributed by atoms with van der Waals surface area (Å²) in [7, 11) is 1.77. The Morgan fingerprint density at radius 3 is 2.54 bits per heavy atom. The maximum atomic E-state index is 5.64. The van der Waals surface area contributed by atoms with Gasteiger partial charge < -0.3 is 19.5 Å². The molecule has 1 N–H and O–H groups in total. The van der Waals surface area contributed by atoms with Gasteiger partial charge in [0, 0.05) is 52.4 Å². The lowest BCUT2D eigenvalue weighted by atomic mass is 9.89. The maximum Gasteiger partial charge on any atom is 0.194 e. The number of nitrogens with zero attached hydrogens (tertiary/aromatic N) is 4. The van der Waals surface area contributed by atoms with E-state index in [-0.39, 0.29) is 11.5 Å². The first-order valence-corrected chi connectivity index (χ1v) is 9.54. The molecule has 1 unspecified atom stereocenters. The highest BCUT2D eigenvalue weighted by atomic mass is 16.5. The molecule has 26 heavy (non-hydrogen) atoms. The monoisotopic (exact) mass is 365 g/mol. The number of nitrogens with one attached hydrogen (secondary N) is 1. The molecule has 2 heterocycles. The number of methoxy groups -OCH3 is 1. The largest absolute Gasteiger partial charge is 0.379 e. The summed E-state index contributed by atoms with van der Waals surface area (Å²) in [4.78, 5) is 9.59. The Hall–Kier alpha value is -1.60. The molecule has 1 aromatic heterocycles. The number of ether oxygens (including phenoxy) is 1. The molecule has 0 radical (unpaired) electrons. The van der Waals surface area contributed by atoms with Gasteiger partial charge in [-0.2, -0.15) is 0 Å². The lowest BCUT2D eigenvalue weighted by molar-refractivity contribution is 0.0239. The summed E-state index contributed by atoms with van der Waals surface area (Å²) in [5.74, 6) is 1.85. The number of aryl methyl sites for hydroxylation is 1. The Kier molecular flexibility index (Phi) is 7.46. The zero-order chi connectivity index (χ0) is 19.2. The van der Waals surface area contributed by atoms with Crippen LogP contribution in [-0.2, 0) is 11.3 Å². The Balaban J connectivity index is 1.91. The highest BCUT2D eigenvalue weighted by Gasteiger charge is 2.25. The van der Waals surface area contributed by atoms with E-state index in [4.69, 9.17) is 14.3 Å². The number of aromatic nitrogens is 1. The fourth-order valence-corrected chi connectivity index (χ4v) is 3.14. The Bertz CT molecular complexity index is 571. The molecule has 148 valence electrons. The normalized spacial score (nSPS) is 18.2. The Morgan fingerprint density at radius 2 is 2.04 bits per heavy atom. The summed E-state index contributed by atoms with van der Waals surface area (Å²) >= 11 is 0. The summed E-state index contributed by atoms with van der Waals surface area (Å²) in [6.07, 6.45) is 0.104. The van der Waals surface area contributed by atoms with Gasteiger partial charge in [-0.05, 0) is 19.3 Å². The average molecular weight is 366 g/mol. The number of hydrogen-bond acceptors (Lipinski definition) is 5. The molecular formula is C19H35N5O2. The van der Waals surface area contributed by atoms with E-state index in [1.807, 2.05) is 13.0 Å². The van der Waals surface area contributed by atoms with Crippen LogP contribution in [-0.4, -0.2) is 73.4 Å². The van der Waals surface area contributed by atoms with Gasteiger partial charge in [0.25, 0.3) is 0 Å². The van der Waals surface area contributed by atoms with Crippen LogP contribution in [0.4, 0.5) is 0 Å². The third-order valence-electron chi connectivity index (χ3n) is 4.73. The smallest absolute Gasteiger partial charge is 0.194 e. The molecule has 1 aromatic rings. The molecule has 0 aliphatic carbocycles. The Labute approximate surface area is 157 Å². The summed E-state index contributed by atoms with van der Waals surface area (Å²) in [6, 6.07) is 2.01. The molecule has 2 rings (SSSR count). The van der Waals surface area contributed by atoms with E-state index in [2.05, 4.69) is 48.0 Å². The molecule has 7 nitrogen and oxygen atoms in total. The standard InChI is InChI=1S/C19H35N5O2/c1-7-20-18(21-13-17(25-6)19(3,4)5)24-10-8-23(9-11-24)14-16-12-15(2)26-22-16/h12,17H,7-11,13-14H2,1-6H3,(H,20,21). The first-order valence-electron chi connectivity index (χ1n) is 9.54. The van der Waals surface area contributed by atoms with Crippen molar-refractivity contribution in [3.8, 4) is 0 Å². The van der Waals surface area contributed by atoms with Crippen molar-refractivity contribution in [2.24, 2.45) is 10.4 Å². The van der Waals surface area contributed by atoms with E-state index in [1.54, 1.807) is 7.11 Å². The van der Waals surface area contributed by atoms with E-state index >= 15 is 0 Å². The second-order valence-electron chi connectivity index (χ2n) is 7.98. The highest BCUT2D eigenvalue weighted by molar-refractivity contribution is 5.80. The Morgan fingerprint density at radius 1 is 1.35 bits per heavy atom. The van der Waals surface area contributed by atoms with E-state index in [1.165, 1.54) is 0 Å². The fourth-order valence-electron chi connectivity index (χ4n) is 3.14. The van der Waals surface area contributed by atoms with Crippen molar-refractivity contribution in [3.63, 3.8) is 0 Å². The zero-order valence-electron chi connectivity index (χ0n) is 17.2. The minimum atomic E-state index is 0.0734. The molecule has 0 amide bonds. The number of rotatable bonds is 6. The number of hydrogen-bond donors (Lipinski definition) is 1. The van der Waals surface area contributed by atoms with Gasteiger partial charge in [0.1, 0.15) is 5.76 Å². The lowest BCUT2D eigenvalue weighted by Crippen LogP contribution is -2.52. The molecule has 0 aromatic carbocycles. The molecule has 7 heteroatoms. The van der Waals surface area contributed by atoms with Crippen molar-refractivity contribution < 1.29 is 9.26 Å². The molecular weight excluding hydrogens is 330 g/mol. The van der Waals surface area contributed by atoms with E-state index in [0.29, 0.717) is 6.54 Å². The molecule has 0 spiro atoms. The minimum absolute atomic E-state index is 0.0734. The van der Waals surface area contributed by atoms with Gasteiger partial charge in [-0.15, -0.1) is 0 Å². The summed E-state index contributed by atoms with van der Waals surface area (Å²) in [5, 5.41) is 7.52. The van der Waals surface area contributed by atoms with Gasteiger partial charge in [-0.3, -0.25) is 9.89 Å². The van der Waals surface area contributed by atoms with Crippen molar-refractivity contribution in [1.82, 2.24) is 20.3 Å². The van der Waals surface area contributed by atoms with Crippen molar-refractivity contribution >= 4 is 5.96 Å². The van der Waals surface area contributed by atoms with Crippen LogP contribution >= 0.6 is 0 Å². The molecule has 1 aliphatic rings. The van der Waals surface area contributed by atoms with Crippen LogP contribution in [0, 0.1) is 12.3 Å². The summed E-state index contributed by atoms with van der Waals surface area (Å²) < 4.78 is 10.8. The fraction of sp³-hybridized carbons (Fsp3) is 0.789. The molecule has 1 saturated heterocycles. The predicted octanol–water partition coefficient (Wildman–Crippen LogP) is 2.13. The van der Waals surface area contributed by atoms with Gasteiger partial charge in [-0.25, -0.2) is 0 Å². The second kappa shape index (κ2) is 9.37. The molecule has 1 atom stereocenters. The molecule has 0 bridgehead atoms. The number of aliphatic imine (C=N–C) groups is 1. The molecule has 1 aliphatic heterocycles. The van der Waals surface area contributed by atoms with Crippen molar-refractivity contribution in [2.75, 3.05) is 46.4 Å². The average Bonchev–Trinajstić information content (AvgIpc) is 2.99. The first kappa shape index (κ1) is 20.7. The minimum Gasteiger partial charge on any atom is -0.379 e. The number of guanidine groups is 1. The van der Waals surface area contributed by atoms with Crippen molar-refractivity contribution in [1.29, 1.82) is 0 Å². The quantitative estimate of drug-likeness (QED) is 0.615. The first-order chi connectivity index (χ1) is 12.3. The lowest BCUT2D eigenvalue weighted by Gasteiger charge is -2.36. The van der Waals surface area contributed by atoms with Gasteiger partial charge in [0.05, 0.1) is 18.3 Å². The van der Waals surface area contributed by atoms with Crippen LogP contribution in [0.25, 0.3) is 0 Å². The topological polar surface area (TPSA) is 66.1 Å². The highest BCUT2D eigenvalue weighted by Crippen LogP contribution is 2.22. The van der Waals surface area contributed by atoms with Crippen molar-refractivity contribution in [2.45, 2.75) is 47.3 Å². The third kappa shape index (κ3) is 5.99. The second-order valence-corrected chi connectivity index (χ2v) is 7.98. The molecule has 1 fully saturated rings. The van der Waals surface area contributed by atoms with E-state index in [9.17, 15) is 0 Å².